The highest BCUT2D eigenvalue weighted by Gasteiger charge is 2.35. The van der Waals surface area contributed by atoms with Crippen molar-refractivity contribution in [3.05, 3.63) is 0 Å². The van der Waals surface area contributed by atoms with Gasteiger partial charge in [0.1, 0.15) is 0 Å². The summed E-state index contributed by atoms with van der Waals surface area (Å²) in [4.78, 5) is 25.8. The summed E-state index contributed by atoms with van der Waals surface area (Å²) in [6.45, 7) is 1.32. The Morgan fingerprint density at radius 2 is 2.00 bits per heavy atom. The van der Waals surface area contributed by atoms with Crippen molar-refractivity contribution in [3.8, 4) is 0 Å². The van der Waals surface area contributed by atoms with Gasteiger partial charge in [0.25, 0.3) is 0 Å². The van der Waals surface area contributed by atoms with Gasteiger partial charge in [-0.25, -0.2) is 0 Å². The van der Waals surface area contributed by atoms with E-state index in [-0.39, 0.29) is 23.3 Å². The number of nitrogens with zero attached hydrogens (tertiary/aromatic N) is 1. The van der Waals surface area contributed by atoms with Crippen LogP contribution in [0, 0.1) is 5.92 Å². The van der Waals surface area contributed by atoms with E-state index in [9.17, 15) is 9.59 Å². The van der Waals surface area contributed by atoms with Crippen LogP contribution < -0.4 is 11.1 Å². The second kappa shape index (κ2) is 5.90. The van der Waals surface area contributed by atoms with Gasteiger partial charge in [0, 0.05) is 32.1 Å². The molecule has 19 heavy (non-hydrogen) atoms. The lowest BCUT2D eigenvalue weighted by Crippen LogP contribution is -2.48. The lowest BCUT2D eigenvalue weighted by atomic mass is 9.92. The van der Waals surface area contributed by atoms with Crippen LogP contribution in [0.4, 0.5) is 0 Å². The number of piperidine rings is 1. The highest BCUT2D eigenvalue weighted by molar-refractivity contribution is 5.81. The van der Waals surface area contributed by atoms with Crippen molar-refractivity contribution >= 4 is 11.8 Å². The summed E-state index contributed by atoms with van der Waals surface area (Å²) in [6, 6.07) is 0. The molecule has 0 radical (unpaired) electrons. The van der Waals surface area contributed by atoms with Crippen LogP contribution in [-0.2, 0) is 9.59 Å². The maximum Gasteiger partial charge on any atom is 0.224 e. The molecule has 1 unspecified atom stereocenters. The summed E-state index contributed by atoms with van der Waals surface area (Å²) in [5.74, 6) is 0.110. The smallest absolute Gasteiger partial charge is 0.224 e. The van der Waals surface area contributed by atoms with Crippen molar-refractivity contribution in [2.45, 2.75) is 50.5 Å². The van der Waals surface area contributed by atoms with Crippen LogP contribution >= 0.6 is 0 Å². The Morgan fingerprint density at radius 3 is 2.63 bits per heavy atom. The van der Waals surface area contributed by atoms with Crippen LogP contribution in [0.5, 0.6) is 0 Å². The molecule has 1 saturated carbocycles. The van der Waals surface area contributed by atoms with E-state index in [1.165, 1.54) is 0 Å². The molecule has 1 aliphatic heterocycles. The first-order chi connectivity index (χ1) is 9.04. The van der Waals surface area contributed by atoms with Gasteiger partial charge < -0.3 is 16.0 Å². The Labute approximate surface area is 114 Å². The molecule has 2 fully saturated rings. The number of carbonyl (C=O) groups is 2. The molecule has 5 heteroatoms. The van der Waals surface area contributed by atoms with Gasteiger partial charge in [-0.15, -0.1) is 0 Å². The molecule has 3 N–H and O–H groups in total. The first-order valence-electron chi connectivity index (χ1n) is 7.32. The zero-order valence-corrected chi connectivity index (χ0v) is 11.8. The van der Waals surface area contributed by atoms with E-state index >= 15 is 0 Å². The van der Waals surface area contributed by atoms with Crippen molar-refractivity contribution in [2.75, 3.05) is 20.1 Å². The number of hydrogen-bond acceptors (Lipinski definition) is 3. The molecule has 0 aromatic heterocycles. The van der Waals surface area contributed by atoms with Gasteiger partial charge >= 0.3 is 0 Å². The second-order valence-electron chi connectivity index (χ2n) is 6.04. The van der Waals surface area contributed by atoms with Gasteiger partial charge in [-0.05, 0) is 25.7 Å². The fraction of sp³-hybridized carbons (Fsp3) is 0.857. The number of rotatable bonds is 3. The quantitative estimate of drug-likeness (QED) is 0.787. The highest BCUT2D eigenvalue weighted by Crippen LogP contribution is 2.31. The predicted octanol–water partition coefficient (Wildman–Crippen LogP) is 0.633. The standard InChI is InChI=1S/C14H25N3O2/c1-16-13(19)11-5-4-8-17(10-11)12(18)9-14(15)6-2-3-7-14/h11H,2-10,15H2,1H3,(H,16,19). The Morgan fingerprint density at radius 1 is 1.32 bits per heavy atom. The molecule has 1 atom stereocenters. The van der Waals surface area contributed by atoms with Crippen LogP contribution in [0.25, 0.3) is 0 Å². The fourth-order valence-electron chi connectivity index (χ4n) is 3.29. The first-order valence-corrected chi connectivity index (χ1v) is 7.32. The first kappa shape index (κ1) is 14.3. The van der Waals surface area contributed by atoms with Gasteiger partial charge in [-0.3, -0.25) is 9.59 Å². The van der Waals surface area contributed by atoms with Gasteiger partial charge in [0.15, 0.2) is 0 Å². The molecule has 5 nitrogen and oxygen atoms in total. The molecule has 1 saturated heterocycles. The average Bonchev–Trinajstić information content (AvgIpc) is 2.84. The number of hydrogen-bond donors (Lipinski definition) is 2. The van der Waals surface area contributed by atoms with E-state index < -0.39 is 0 Å². The van der Waals surface area contributed by atoms with Crippen molar-refractivity contribution in [2.24, 2.45) is 11.7 Å². The summed E-state index contributed by atoms with van der Waals surface area (Å²) in [7, 11) is 1.65. The van der Waals surface area contributed by atoms with E-state index in [2.05, 4.69) is 5.32 Å². The number of likely N-dealkylation sites (tertiary alicyclic amines) is 1. The number of nitrogens with two attached hydrogens (primary N) is 1. The Bertz CT molecular complexity index is 351. The third kappa shape index (κ3) is 3.47. The largest absolute Gasteiger partial charge is 0.359 e. The highest BCUT2D eigenvalue weighted by atomic mass is 16.2. The molecule has 2 aliphatic rings. The molecule has 1 aliphatic carbocycles. The van der Waals surface area contributed by atoms with Crippen molar-refractivity contribution in [3.63, 3.8) is 0 Å². The molecular weight excluding hydrogens is 242 g/mol. The third-order valence-electron chi connectivity index (χ3n) is 4.49. The Hall–Kier alpha value is -1.10. The minimum absolute atomic E-state index is 0.0424. The van der Waals surface area contributed by atoms with Crippen molar-refractivity contribution in [1.29, 1.82) is 0 Å². The third-order valence-corrected chi connectivity index (χ3v) is 4.49. The molecule has 0 spiro atoms. The predicted molar refractivity (Wildman–Crippen MR) is 73.4 cm³/mol. The number of nitrogens with one attached hydrogen (secondary N) is 1. The van der Waals surface area contributed by atoms with Crippen LogP contribution in [-0.4, -0.2) is 42.4 Å². The summed E-state index contributed by atoms with van der Waals surface area (Å²) in [6.07, 6.45) is 6.37. The summed E-state index contributed by atoms with van der Waals surface area (Å²) >= 11 is 0. The molecule has 0 aromatic rings. The maximum absolute atomic E-state index is 12.3. The Balaban J connectivity index is 1.90. The molecule has 0 aromatic carbocycles. The van der Waals surface area contributed by atoms with Crippen molar-refractivity contribution < 1.29 is 9.59 Å². The lowest BCUT2D eigenvalue weighted by Gasteiger charge is -2.34. The fourth-order valence-corrected chi connectivity index (χ4v) is 3.29. The normalized spacial score (nSPS) is 26.2. The molecular formula is C14H25N3O2. The van der Waals surface area contributed by atoms with Gasteiger partial charge in [0.2, 0.25) is 11.8 Å². The van der Waals surface area contributed by atoms with Crippen LogP contribution in [0.1, 0.15) is 44.9 Å². The minimum Gasteiger partial charge on any atom is -0.359 e. The minimum atomic E-state index is -0.295. The van der Waals surface area contributed by atoms with Crippen LogP contribution in [0.3, 0.4) is 0 Å². The summed E-state index contributed by atoms with van der Waals surface area (Å²) in [5, 5.41) is 2.67. The van der Waals surface area contributed by atoms with E-state index in [0.29, 0.717) is 13.0 Å². The lowest BCUT2D eigenvalue weighted by molar-refractivity contribution is -0.136. The van der Waals surface area contributed by atoms with Crippen molar-refractivity contribution in [1.82, 2.24) is 10.2 Å². The SMILES string of the molecule is CNC(=O)C1CCCN(C(=O)CC2(N)CCCC2)C1. The van der Waals surface area contributed by atoms with E-state index in [0.717, 1.165) is 45.1 Å². The van der Waals surface area contributed by atoms with Gasteiger partial charge in [-0.2, -0.15) is 0 Å². The van der Waals surface area contributed by atoms with Gasteiger partial charge in [-0.1, -0.05) is 12.8 Å². The summed E-state index contributed by atoms with van der Waals surface area (Å²) in [5.41, 5.74) is 5.97. The molecule has 2 rings (SSSR count). The van der Waals surface area contributed by atoms with E-state index in [1.54, 1.807) is 7.05 Å². The zero-order chi connectivity index (χ0) is 13.9. The average molecular weight is 267 g/mol. The Kier molecular flexibility index (Phi) is 4.45. The molecule has 2 amide bonds. The summed E-state index contributed by atoms with van der Waals surface area (Å²) < 4.78 is 0. The number of carbonyl (C=O) groups excluding carboxylic acids is 2. The zero-order valence-electron chi connectivity index (χ0n) is 11.8. The van der Waals surface area contributed by atoms with Crippen LogP contribution in [0.2, 0.25) is 0 Å². The monoisotopic (exact) mass is 267 g/mol. The maximum atomic E-state index is 12.3. The molecule has 0 bridgehead atoms. The molecule has 1 heterocycles. The molecule has 108 valence electrons. The van der Waals surface area contributed by atoms with Crippen LogP contribution in [0.15, 0.2) is 0 Å². The van der Waals surface area contributed by atoms with E-state index in [4.69, 9.17) is 5.73 Å². The topological polar surface area (TPSA) is 75.4 Å². The second-order valence-corrected chi connectivity index (χ2v) is 6.04. The van der Waals surface area contributed by atoms with E-state index in [1.807, 2.05) is 4.90 Å². The number of amides is 2. The van der Waals surface area contributed by atoms with Gasteiger partial charge in [0.05, 0.1) is 5.92 Å².